The molecule has 0 N–H and O–H groups in total. The summed E-state index contributed by atoms with van der Waals surface area (Å²) in [6, 6.07) is 7.89. The monoisotopic (exact) mass is 313 g/mol. The lowest BCUT2D eigenvalue weighted by Crippen LogP contribution is -2.34. The van der Waals surface area contributed by atoms with Gasteiger partial charge in [-0.25, -0.2) is 0 Å². The number of pyridine rings is 1. The third kappa shape index (κ3) is 3.52. The first-order valence-corrected chi connectivity index (χ1v) is 8.20. The molecule has 0 unspecified atom stereocenters. The summed E-state index contributed by atoms with van der Waals surface area (Å²) in [6.07, 6.45) is 0. The van der Waals surface area contributed by atoms with Gasteiger partial charge in [-0.15, -0.1) is 0 Å². The first-order chi connectivity index (χ1) is 10.6. The lowest BCUT2D eigenvalue weighted by Gasteiger charge is -2.22. The number of thiophene rings is 1. The molecule has 114 valence electrons. The van der Waals surface area contributed by atoms with E-state index >= 15 is 0 Å². The van der Waals surface area contributed by atoms with Crippen molar-refractivity contribution in [1.82, 2.24) is 9.88 Å². The van der Waals surface area contributed by atoms with Crippen molar-refractivity contribution in [2.75, 3.05) is 13.1 Å². The van der Waals surface area contributed by atoms with Crippen LogP contribution < -0.4 is 0 Å². The molecule has 5 heteroatoms. The second-order valence-corrected chi connectivity index (χ2v) is 6.00. The number of carbonyl (C=O) groups is 1. The Kier molecular flexibility index (Phi) is 5.29. The lowest BCUT2D eigenvalue weighted by molar-refractivity contribution is 0.0751. The molecular weight excluding hydrogens is 294 g/mol. The average Bonchev–Trinajstić information content (AvgIpc) is 3.06. The predicted molar refractivity (Wildman–Crippen MR) is 88.6 cm³/mol. The molecule has 0 bridgehead atoms. The van der Waals surface area contributed by atoms with Gasteiger partial charge in [0.25, 0.3) is 5.91 Å². The molecule has 4 nitrogen and oxygen atoms in total. The average molecular weight is 313 g/mol. The highest BCUT2D eigenvalue weighted by atomic mass is 32.1. The maximum Gasteiger partial charge on any atom is 0.255 e. The van der Waals surface area contributed by atoms with E-state index in [1.807, 2.05) is 49.7 Å². The highest BCUT2D eigenvalue weighted by Gasteiger charge is 2.19. The SMILES string of the molecule is CCN(C[C@@H](C)C#N)C(=O)c1ccc(-c2ccsc2)nc1C. The third-order valence-corrected chi connectivity index (χ3v) is 4.20. The zero-order chi connectivity index (χ0) is 16.1. The summed E-state index contributed by atoms with van der Waals surface area (Å²) in [7, 11) is 0. The van der Waals surface area contributed by atoms with E-state index in [-0.39, 0.29) is 11.8 Å². The Morgan fingerprint density at radius 2 is 2.23 bits per heavy atom. The number of hydrogen-bond acceptors (Lipinski definition) is 4. The summed E-state index contributed by atoms with van der Waals surface area (Å²) in [5.74, 6) is -0.242. The zero-order valence-electron chi connectivity index (χ0n) is 13.0. The van der Waals surface area contributed by atoms with E-state index in [1.165, 1.54) is 0 Å². The number of aromatic nitrogens is 1. The fourth-order valence-electron chi connectivity index (χ4n) is 2.26. The van der Waals surface area contributed by atoms with Crippen molar-refractivity contribution in [3.8, 4) is 17.3 Å². The molecule has 2 rings (SSSR count). The van der Waals surface area contributed by atoms with Crippen LogP contribution in [0.1, 0.15) is 29.9 Å². The lowest BCUT2D eigenvalue weighted by atomic mass is 10.1. The van der Waals surface area contributed by atoms with Crippen LogP contribution in [0, 0.1) is 24.2 Å². The highest BCUT2D eigenvalue weighted by molar-refractivity contribution is 7.08. The first-order valence-electron chi connectivity index (χ1n) is 7.26. The fraction of sp³-hybridized carbons (Fsp3) is 0.353. The molecule has 0 saturated carbocycles. The molecule has 0 radical (unpaired) electrons. The third-order valence-electron chi connectivity index (χ3n) is 3.52. The van der Waals surface area contributed by atoms with Gasteiger partial charge in [-0.1, -0.05) is 0 Å². The van der Waals surface area contributed by atoms with Crippen molar-refractivity contribution >= 4 is 17.2 Å². The second-order valence-electron chi connectivity index (χ2n) is 5.22. The van der Waals surface area contributed by atoms with Gasteiger partial charge in [-0.2, -0.15) is 16.6 Å². The van der Waals surface area contributed by atoms with Gasteiger partial charge < -0.3 is 4.90 Å². The van der Waals surface area contributed by atoms with Crippen molar-refractivity contribution in [3.05, 3.63) is 40.2 Å². The van der Waals surface area contributed by atoms with Gasteiger partial charge in [0.2, 0.25) is 0 Å². The van der Waals surface area contributed by atoms with Crippen LogP contribution in [0.3, 0.4) is 0 Å². The minimum absolute atomic E-state index is 0.0635. The minimum Gasteiger partial charge on any atom is -0.338 e. The summed E-state index contributed by atoms with van der Waals surface area (Å²) >= 11 is 1.62. The molecule has 2 aromatic heterocycles. The van der Waals surface area contributed by atoms with Crippen LogP contribution in [0.2, 0.25) is 0 Å². The Balaban J connectivity index is 2.25. The molecule has 1 atom stereocenters. The summed E-state index contributed by atoms with van der Waals surface area (Å²) in [6.45, 7) is 6.62. The van der Waals surface area contributed by atoms with Crippen molar-refractivity contribution in [3.63, 3.8) is 0 Å². The van der Waals surface area contributed by atoms with E-state index in [0.717, 1.165) is 17.0 Å². The van der Waals surface area contributed by atoms with Crippen LogP contribution in [0.4, 0.5) is 0 Å². The zero-order valence-corrected chi connectivity index (χ0v) is 13.9. The van der Waals surface area contributed by atoms with Crippen molar-refractivity contribution < 1.29 is 4.79 Å². The normalized spacial score (nSPS) is 11.7. The number of amides is 1. The van der Waals surface area contributed by atoms with Crippen LogP contribution in [-0.4, -0.2) is 28.9 Å². The largest absolute Gasteiger partial charge is 0.338 e. The Hall–Kier alpha value is -2.19. The van der Waals surface area contributed by atoms with Gasteiger partial charge in [-0.3, -0.25) is 9.78 Å². The number of aryl methyl sites for hydroxylation is 1. The van der Waals surface area contributed by atoms with Gasteiger partial charge in [0.1, 0.15) is 0 Å². The minimum atomic E-state index is -0.178. The summed E-state index contributed by atoms with van der Waals surface area (Å²) in [5, 5.41) is 13.0. The quantitative estimate of drug-likeness (QED) is 0.845. The van der Waals surface area contributed by atoms with Crippen molar-refractivity contribution in [2.45, 2.75) is 20.8 Å². The van der Waals surface area contributed by atoms with E-state index < -0.39 is 0 Å². The summed E-state index contributed by atoms with van der Waals surface area (Å²) in [5.41, 5.74) is 3.27. The molecule has 0 aromatic carbocycles. The van der Waals surface area contributed by atoms with Crippen molar-refractivity contribution in [2.24, 2.45) is 5.92 Å². The van der Waals surface area contributed by atoms with Gasteiger partial charge in [0, 0.05) is 24.0 Å². The number of nitriles is 1. The molecule has 2 aromatic rings. The Morgan fingerprint density at radius 3 is 2.77 bits per heavy atom. The smallest absolute Gasteiger partial charge is 0.255 e. The van der Waals surface area contributed by atoms with Crippen LogP contribution in [0.25, 0.3) is 11.3 Å². The summed E-state index contributed by atoms with van der Waals surface area (Å²) < 4.78 is 0. The van der Waals surface area contributed by atoms with Crippen LogP contribution in [0.5, 0.6) is 0 Å². The molecule has 0 aliphatic heterocycles. The molecule has 0 aliphatic rings. The fourth-order valence-corrected chi connectivity index (χ4v) is 2.91. The molecule has 0 spiro atoms. The van der Waals surface area contributed by atoms with E-state index in [9.17, 15) is 4.79 Å². The summed E-state index contributed by atoms with van der Waals surface area (Å²) in [4.78, 5) is 18.9. The van der Waals surface area contributed by atoms with Crippen LogP contribution >= 0.6 is 11.3 Å². The van der Waals surface area contributed by atoms with E-state index in [0.29, 0.717) is 18.7 Å². The van der Waals surface area contributed by atoms with Crippen molar-refractivity contribution in [1.29, 1.82) is 5.26 Å². The van der Waals surface area contributed by atoms with Gasteiger partial charge in [0.05, 0.1) is 28.9 Å². The van der Waals surface area contributed by atoms with Gasteiger partial charge >= 0.3 is 0 Å². The van der Waals surface area contributed by atoms with E-state index in [2.05, 4.69) is 11.1 Å². The molecule has 0 aliphatic carbocycles. The maximum absolute atomic E-state index is 12.6. The number of carbonyl (C=O) groups excluding carboxylic acids is 1. The van der Waals surface area contributed by atoms with Crippen LogP contribution in [-0.2, 0) is 0 Å². The Bertz CT molecular complexity index is 688. The van der Waals surface area contributed by atoms with Gasteiger partial charge in [0.15, 0.2) is 0 Å². The van der Waals surface area contributed by atoms with E-state index in [1.54, 1.807) is 16.2 Å². The number of nitrogens with zero attached hydrogens (tertiary/aromatic N) is 3. The first kappa shape index (κ1) is 16.2. The maximum atomic E-state index is 12.6. The molecule has 0 fully saturated rings. The van der Waals surface area contributed by atoms with Gasteiger partial charge in [-0.05, 0) is 44.4 Å². The Labute approximate surface area is 135 Å². The second kappa shape index (κ2) is 7.19. The highest BCUT2D eigenvalue weighted by Crippen LogP contribution is 2.22. The molecule has 22 heavy (non-hydrogen) atoms. The topological polar surface area (TPSA) is 57.0 Å². The molecule has 2 heterocycles. The molecule has 0 saturated heterocycles. The number of rotatable bonds is 5. The molecule has 1 amide bonds. The standard InChI is InChI=1S/C17H19N3OS/c1-4-20(10-12(2)9-18)17(21)15-5-6-16(19-13(15)3)14-7-8-22-11-14/h5-8,11-12H,4,10H2,1-3H3/t12-/m0/s1. The molecular formula is C17H19N3OS. The van der Waals surface area contributed by atoms with Crippen LogP contribution in [0.15, 0.2) is 29.0 Å². The number of hydrogen-bond donors (Lipinski definition) is 0. The van der Waals surface area contributed by atoms with E-state index in [4.69, 9.17) is 5.26 Å². The predicted octanol–water partition coefficient (Wildman–Crippen LogP) is 3.74. The Morgan fingerprint density at radius 1 is 1.45 bits per heavy atom.